The summed E-state index contributed by atoms with van der Waals surface area (Å²) in [6, 6.07) is 8.49. The van der Waals surface area contributed by atoms with E-state index >= 15 is 0 Å². The lowest BCUT2D eigenvalue weighted by molar-refractivity contribution is -0.120. The molecule has 1 amide bonds. The van der Waals surface area contributed by atoms with Crippen molar-refractivity contribution in [2.24, 2.45) is 0 Å². The Morgan fingerprint density at radius 3 is 2.55 bits per heavy atom. The van der Waals surface area contributed by atoms with Crippen LogP contribution in [0, 0.1) is 0 Å². The van der Waals surface area contributed by atoms with E-state index in [-0.39, 0.29) is 24.7 Å². The smallest absolute Gasteiger partial charge is 0.238 e. The van der Waals surface area contributed by atoms with Crippen LogP contribution < -0.4 is 10.1 Å². The highest BCUT2D eigenvalue weighted by Crippen LogP contribution is 2.28. The molecule has 1 aliphatic carbocycles. The summed E-state index contributed by atoms with van der Waals surface area (Å²) in [7, 11) is 0. The number of rotatable bonds is 7. The minimum atomic E-state index is -0.200. The number of benzene rings is 1. The van der Waals surface area contributed by atoms with Gasteiger partial charge in [-0.1, -0.05) is 6.42 Å². The Morgan fingerprint density at radius 2 is 1.90 bits per heavy atom. The molecule has 2 N–H and O–H groups in total. The van der Waals surface area contributed by atoms with Gasteiger partial charge in [-0.05, 0) is 49.9 Å². The molecule has 160 valence electrons. The van der Waals surface area contributed by atoms with E-state index in [1.165, 1.54) is 19.3 Å². The molecule has 0 aromatic heterocycles. The Bertz CT molecular complexity index is 657. The Hall–Kier alpha value is -1.67. The number of amides is 1. The van der Waals surface area contributed by atoms with Gasteiger partial charge in [0.05, 0.1) is 25.9 Å². The quantitative estimate of drug-likeness (QED) is 0.722. The number of piperidine rings is 1. The first-order valence-corrected chi connectivity index (χ1v) is 10.9. The van der Waals surface area contributed by atoms with E-state index in [0.717, 1.165) is 43.4 Å². The van der Waals surface area contributed by atoms with Crippen molar-refractivity contribution in [3.8, 4) is 5.75 Å². The van der Waals surface area contributed by atoms with Crippen LogP contribution in [-0.4, -0.2) is 85.0 Å². The van der Waals surface area contributed by atoms with Crippen LogP contribution in [0.15, 0.2) is 24.3 Å². The summed E-state index contributed by atoms with van der Waals surface area (Å²) in [5.41, 5.74) is 0.772. The second kappa shape index (κ2) is 9.89. The number of nitrogens with zero attached hydrogens (tertiary/aromatic N) is 2. The van der Waals surface area contributed by atoms with Gasteiger partial charge in [-0.25, -0.2) is 0 Å². The van der Waals surface area contributed by atoms with Crippen LogP contribution in [0.25, 0.3) is 0 Å². The van der Waals surface area contributed by atoms with Gasteiger partial charge in [0.2, 0.25) is 5.91 Å². The molecule has 4 rings (SSSR count). The summed E-state index contributed by atoms with van der Waals surface area (Å²) in [5, 5.41) is 12.1. The third kappa shape index (κ3) is 5.69. The van der Waals surface area contributed by atoms with E-state index in [4.69, 9.17) is 9.47 Å². The number of likely N-dealkylation sites (tertiary alicyclic amines) is 1. The minimum absolute atomic E-state index is 0.0147. The lowest BCUT2D eigenvalue weighted by Crippen LogP contribution is -2.46. The number of morpholine rings is 1. The van der Waals surface area contributed by atoms with Crippen molar-refractivity contribution in [3.05, 3.63) is 24.3 Å². The van der Waals surface area contributed by atoms with Crippen LogP contribution in [0.4, 0.5) is 5.69 Å². The molecule has 1 atom stereocenters. The molecule has 2 aliphatic heterocycles. The van der Waals surface area contributed by atoms with Crippen molar-refractivity contribution >= 4 is 11.6 Å². The number of aliphatic hydroxyl groups is 1. The summed E-state index contributed by atoms with van der Waals surface area (Å²) in [4.78, 5) is 16.9. The number of aliphatic hydroxyl groups excluding tert-OH is 1. The summed E-state index contributed by atoms with van der Waals surface area (Å²) < 4.78 is 11.6. The fourth-order valence-electron chi connectivity index (χ4n) is 4.36. The minimum Gasteiger partial charge on any atom is -0.490 e. The molecule has 29 heavy (non-hydrogen) atoms. The SMILES string of the molecule is O=C(CN1CCOC(CO)C1)Nc1ccc(OC2CCN(C3CCC3)CC2)cc1. The Labute approximate surface area is 173 Å². The van der Waals surface area contributed by atoms with Crippen molar-refractivity contribution < 1.29 is 19.4 Å². The Morgan fingerprint density at radius 1 is 1.14 bits per heavy atom. The van der Waals surface area contributed by atoms with Gasteiger partial charge in [0, 0.05) is 37.9 Å². The molecule has 2 heterocycles. The first kappa shape index (κ1) is 20.6. The average molecular weight is 404 g/mol. The first-order valence-electron chi connectivity index (χ1n) is 10.9. The van der Waals surface area contributed by atoms with Gasteiger partial charge in [-0.3, -0.25) is 9.69 Å². The van der Waals surface area contributed by atoms with Gasteiger partial charge >= 0.3 is 0 Å². The zero-order valence-electron chi connectivity index (χ0n) is 17.1. The highest BCUT2D eigenvalue weighted by molar-refractivity contribution is 5.92. The summed E-state index contributed by atoms with van der Waals surface area (Å²) in [6.45, 7) is 4.40. The Kier molecular flexibility index (Phi) is 7.02. The van der Waals surface area contributed by atoms with Crippen LogP contribution in [0.3, 0.4) is 0 Å². The van der Waals surface area contributed by atoms with E-state index in [1.54, 1.807) is 0 Å². The number of hydrogen-bond donors (Lipinski definition) is 2. The number of ether oxygens (including phenoxy) is 2. The molecular formula is C22H33N3O4. The van der Waals surface area contributed by atoms with Gasteiger partial charge in [-0.15, -0.1) is 0 Å². The lowest BCUT2D eigenvalue weighted by atomic mass is 9.90. The maximum atomic E-state index is 12.3. The molecule has 1 unspecified atom stereocenters. The molecule has 0 spiro atoms. The third-order valence-corrected chi connectivity index (χ3v) is 6.30. The maximum Gasteiger partial charge on any atom is 0.238 e. The number of anilines is 1. The number of carbonyl (C=O) groups is 1. The van der Waals surface area contributed by atoms with Gasteiger partial charge in [0.1, 0.15) is 11.9 Å². The van der Waals surface area contributed by atoms with Crippen LogP contribution in [0.2, 0.25) is 0 Å². The summed E-state index contributed by atoms with van der Waals surface area (Å²) >= 11 is 0. The summed E-state index contributed by atoms with van der Waals surface area (Å²) in [5.74, 6) is 0.810. The predicted octanol–water partition coefficient (Wildman–Crippen LogP) is 1.71. The lowest BCUT2D eigenvalue weighted by Gasteiger charge is -2.41. The standard InChI is InChI=1S/C22H33N3O4/c26-16-21-14-24(12-13-28-21)15-22(27)23-17-4-6-19(7-5-17)29-20-8-10-25(11-9-20)18-2-1-3-18/h4-7,18,20-21,26H,1-3,8-16H2,(H,23,27). The van der Waals surface area contributed by atoms with Crippen molar-refractivity contribution in [2.45, 2.75) is 50.4 Å². The number of hydrogen-bond acceptors (Lipinski definition) is 6. The molecule has 7 heteroatoms. The number of nitrogens with one attached hydrogen (secondary N) is 1. The molecule has 3 aliphatic rings. The molecule has 1 aromatic carbocycles. The van der Waals surface area contributed by atoms with Crippen molar-refractivity contribution in [1.29, 1.82) is 0 Å². The van der Waals surface area contributed by atoms with Gasteiger partial charge in [-0.2, -0.15) is 0 Å². The van der Waals surface area contributed by atoms with Crippen LogP contribution in [0.5, 0.6) is 5.75 Å². The van der Waals surface area contributed by atoms with Crippen LogP contribution >= 0.6 is 0 Å². The van der Waals surface area contributed by atoms with Crippen molar-refractivity contribution in [2.75, 3.05) is 51.3 Å². The van der Waals surface area contributed by atoms with Crippen LogP contribution in [-0.2, 0) is 9.53 Å². The average Bonchev–Trinajstić information content (AvgIpc) is 2.70. The molecule has 0 bridgehead atoms. The van der Waals surface area contributed by atoms with Gasteiger partial charge in [0.15, 0.2) is 0 Å². The van der Waals surface area contributed by atoms with Crippen molar-refractivity contribution in [1.82, 2.24) is 9.80 Å². The summed E-state index contributed by atoms with van der Waals surface area (Å²) in [6.07, 6.45) is 6.38. The van der Waals surface area contributed by atoms with E-state index in [9.17, 15) is 9.90 Å². The number of carbonyl (C=O) groups excluding carboxylic acids is 1. The van der Waals surface area contributed by atoms with E-state index in [1.807, 2.05) is 29.2 Å². The molecule has 2 saturated heterocycles. The topological polar surface area (TPSA) is 74.3 Å². The fourth-order valence-corrected chi connectivity index (χ4v) is 4.36. The van der Waals surface area contributed by atoms with Crippen LogP contribution in [0.1, 0.15) is 32.1 Å². The van der Waals surface area contributed by atoms with Gasteiger partial charge in [0.25, 0.3) is 0 Å². The molecular weight excluding hydrogens is 370 g/mol. The fraction of sp³-hybridized carbons (Fsp3) is 0.682. The molecule has 1 saturated carbocycles. The highest BCUT2D eigenvalue weighted by atomic mass is 16.5. The van der Waals surface area contributed by atoms with Crippen molar-refractivity contribution in [3.63, 3.8) is 0 Å². The van der Waals surface area contributed by atoms with Gasteiger partial charge < -0.3 is 24.8 Å². The zero-order chi connectivity index (χ0) is 20.1. The van der Waals surface area contributed by atoms with E-state index < -0.39 is 0 Å². The first-order chi connectivity index (χ1) is 14.2. The molecule has 3 fully saturated rings. The normalized spacial score (nSPS) is 24.8. The molecule has 7 nitrogen and oxygen atoms in total. The van der Waals surface area contributed by atoms with E-state index in [2.05, 4.69) is 10.2 Å². The highest BCUT2D eigenvalue weighted by Gasteiger charge is 2.29. The third-order valence-electron chi connectivity index (χ3n) is 6.30. The molecule has 0 radical (unpaired) electrons. The largest absolute Gasteiger partial charge is 0.490 e. The maximum absolute atomic E-state index is 12.3. The van der Waals surface area contributed by atoms with E-state index in [0.29, 0.717) is 26.2 Å². The monoisotopic (exact) mass is 403 g/mol. The zero-order valence-corrected chi connectivity index (χ0v) is 17.1. The second-order valence-electron chi connectivity index (χ2n) is 8.42. The Balaban J connectivity index is 1.19. The molecule has 1 aromatic rings. The predicted molar refractivity (Wildman–Crippen MR) is 111 cm³/mol. The second-order valence-corrected chi connectivity index (χ2v) is 8.42.